The fourth-order valence-corrected chi connectivity index (χ4v) is 1.75. The Morgan fingerprint density at radius 1 is 1.17 bits per heavy atom. The van der Waals surface area contributed by atoms with E-state index in [-0.39, 0.29) is 11.8 Å². The second-order valence-electron chi connectivity index (χ2n) is 4.90. The Balaban J connectivity index is 3.24. The topological polar surface area (TPSA) is 58.6 Å². The fourth-order valence-electron chi connectivity index (χ4n) is 1.75. The zero-order valence-electron chi connectivity index (χ0n) is 11.6. The molecule has 0 unspecified atom stereocenters. The molecule has 0 atom stereocenters. The average Bonchev–Trinajstić information content (AvgIpc) is 2.30. The number of hydrogen-bond acceptors (Lipinski definition) is 3. The average molecular weight is 251 g/mol. The van der Waals surface area contributed by atoms with Gasteiger partial charge in [0.15, 0.2) is 0 Å². The van der Waals surface area contributed by atoms with Crippen LogP contribution in [0.25, 0.3) is 0 Å². The highest BCUT2D eigenvalue weighted by atomic mass is 16.5. The van der Waals surface area contributed by atoms with Gasteiger partial charge in [-0.3, -0.25) is 0 Å². The van der Waals surface area contributed by atoms with Crippen molar-refractivity contribution in [3.05, 3.63) is 23.3 Å². The van der Waals surface area contributed by atoms with Crippen molar-refractivity contribution in [3.8, 4) is 11.5 Å². The summed E-state index contributed by atoms with van der Waals surface area (Å²) < 4.78 is 5.14. The Hall–Kier alpha value is -1.71. The van der Waals surface area contributed by atoms with Crippen molar-refractivity contribution in [1.82, 2.24) is 5.32 Å². The molecule has 0 saturated heterocycles. The van der Waals surface area contributed by atoms with Gasteiger partial charge in [-0.25, -0.2) is 4.79 Å². The molecule has 1 aromatic carbocycles. The van der Waals surface area contributed by atoms with Crippen LogP contribution in [0.5, 0.6) is 11.5 Å². The second kappa shape index (κ2) is 5.76. The highest BCUT2D eigenvalue weighted by Gasteiger charge is 2.16. The molecule has 4 nitrogen and oxygen atoms in total. The molecule has 0 aliphatic rings. The van der Waals surface area contributed by atoms with Crippen LogP contribution in [0.1, 0.15) is 50.7 Å². The molecular formula is C14H21NO3. The van der Waals surface area contributed by atoms with Crippen molar-refractivity contribution < 1.29 is 14.6 Å². The lowest BCUT2D eigenvalue weighted by Crippen LogP contribution is -2.22. The lowest BCUT2D eigenvalue weighted by molar-refractivity contribution is 0.202. The van der Waals surface area contributed by atoms with Crippen molar-refractivity contribution in [2.45, 2.75) is 39.5 Å². The predicted molar refractivity (Wildman–Crippen MR) is 71.4 cm³/mol. The predicted octanol–water partition coefficient (Wildman–Crippen LogP) is 3.36. The van der Waals surface area contributed by atoms with Gasteiger partial charge in [-0.05, 0) is 24.0 Å². The molecule has 0 aliphatic heterocycles. The molecule has 2 N–H and O–H groups in total. The number of phenols is 1. The molecule has 4 heteroatoms. The molecule has 0 aromatic heterocycles. The standard InChI is InChI=1S/C14H21NO3/c1-8(2)11-6-10(18-14(17)15-5)7-12(9(3)4)13(11)16/h6-9,16H,1-5H3,(H,15,17). The summed E-state index contributed by atoms with van der Waals surface area (Å²) >= 11 is 0. The smallest absolute Gasteiger partial charge is 0.412 e. The molecule has 0 bridgehead atoms. The van der Waals surface area contributed by atoms with Gasteiger partial charge in [0.25, 0.3) is 0 Å². The first-order chi connectivity index (χ1) is 8.36. The van der Waals surface area contributed by atoms with Crippen LogP contribution in [0.4, 0.5) is 4.79 Å². The third-order valence-electron chi connectivity index (χ3n) is 2.80. The number of amides is 1. The minimum absolute atomic E-state index is 0.163. The molecule has 1 rings (SSSR count). The molecule has 100 valence electrons. The van der Waals surface area contributed by atoms with Crippen molar-refractivity contribution in [3.63, 3.8) is 0 Å². The first kappa shape index (κ1) is 14.4. The van der Waals surface area contributed by atoms with Crippen molar-refractivity contribution in [1.29, 1.82) is 0 Å². The summed E-state index contributed by atoms with van der Waals surface area (Å²) in [6, 6.07) is 3.42. The van der Waals surface area contributed by atoms with E-state index in [1.165, 1.54) is 7.05 Å². The number of phenolic OH excluding ortho intramolecular Hbond substituents is 1. The van der Waals surface area contributed by atoms with Crippen LogP contribution in [-0.2, 0) is 0 Å². The van der Waals surface area contributed by atoms with E-state index >= 15 is 0 Å². The van der Waals surface area contributed by atoms with Gasteiger partial charge < -0.3 is 15.2 Å². The van der Waals surface area contributed by atoms with E-state index in [4.69, 9.17) is 4.74 Å². The van der Waals surface area contributed by atoms with E-state index in [1.807, 2.05) is 27.7 Å². The lowest BCUT2D eigenvalue weighted by atomic mass is 9.93. The molecule has 0 aliphatic carbocycles. The Morgan fingerprint density at radius 3 is 1.94 bits per heavy atom. The maximum Gasteiger partial charge on any atom is 0.412 e. The number of carbonyl (C=O) groups excluding carboxylic acids is 1. The van der Waals surface area contributed by atoms with Gasteiger partial charge in [0.2, 0.25) is 0 Å². The van der Waals surface area contributed by atoms with Crippen LogP contribution in [0.3, 0.4) is 0 Å². The third kappa shape index (κ3) is 3.15. The summed E-state index contributed by atoms with van der Waals surface area (Å²) in [5, 5.41) is 12.6. The first-order valence-corrected chi connectivity index (χ1v) is 6.13. The van der Waals surface area contributed by atoms with Gasteiger partial charge in [-0.1, -0.05) is 27.7 Å². The monoisotopic (exact) mass is 251 g/mol. The van der Waals surface area contributed by atoms with E-state index in [1.54, 1.807) is 12.1 Å². The van der Waals surface area contributed by atoms with E-state index < -0.39 is 6.09 Å². The first-order valence-electron chi connectivity index (χ1n) is 6.13. The van der Waals surface area contributed by atoms with Crippen molar-refractivity contribution in [2.75, 3.05) is 7.05 Å². The SMILES string of the molecule is CNC(=O)Oc1cc(C(C)C)c(O)c(C(C)C)c1. The molecule has 1 amide bonds. The van der Waals surface area contributed by atoms with Crippen molar-refractivity contribution >= 4 is 6.09 Å². The number of carbonyl (C=O) groups is 1. The summed E-state index contributed by atoms with van der Waals surface area (Å²) in [6.07, 6.45) is -0.509. The third-order valence-corrected chi connectivity index (χ3v) is 2.80. The number of nitrogens with one attached hydrogen (secondary N) is 1. The Kier molecular flexibility index (Phi) is 4.59. The maximum atomic E-state index is 11.2. The Labute approximate surface area is 108 Å². The Morgan fingerprint density at radius 2 is 1.61 bits per heavy atom. The van der Waals surface area contributed by atoms with E-state index in [9.17, 15) is 9.90 Å². The summed E-state index contributed by atoms with van der Waals surface area (Å²) in [5.74, 6) is 1.08. The molecular weight excluding hydrogens is 230 g/mol. The van der Waals surface area contributed by atoms with Crippen LogP contribution >= 0.6 is 0 Å². The zero-order chi connectivity index (χ0) is 13.9. The van der Waals surface area contributed by atoms with Gasteiger partial charge in [0.1, 0.15) is 11.5 Å². The quantitative estimate of drug-likeness (QED) is 0.866. The Bertz CT molecular complexity index is 410. The van der Waals surface area contributed by atoms with Crippen LogP contribution < -0.4 is 10.1 Å². The van der Waals surface area contributed by atoms with Gasteiger partial charge in [-0.15, -0.1) is 0 Å². The molecule has 0 fully saturated rings. The number of hydrogen-bond donors (Lipinski definition) is 2. The van der Waals surface area contributed by atoms with Crippen LogP contribution in [0.2, 0.25) is 0 Å². The maximum absolute atomic E-state index is 11.2. The van der Waals surface area contributed by atoms with E-state index in [0.717, 1.165) is 11.1 Å². The molecule has 0 heterocycles. The summed E-state index contributed by atoms with van der Waals surface area (Å²) in [7, 11) is 1.51. The highest BCUT2D eigenvalue weighted by molar-refractivity contribution is 5.70. The van der Waals surface area contributed by atoms with Crippen LogP contribution in [-0.4, -0.2) is 18.2 Å². The minimum atomic E-state index is -0.509. The summed E-state index contributed by atoms with van der Waals surface area (Å²) in [5.41, 5.74) is 1.58. The van der Waals surface area contributed by atoms with Gasteiger partial charge in [0.05, 0.1) is 0 Å². The van der Waals surface area contributed by atoms with Gasteiger partial charge >= 0.3 is 6.09 Å². The summed E-state index contributed by atoms with van der Waals surface area (Å²) in [6.45, 7) is 7.96. The fraction of sp³-hybridized carbons (Fsp3) is 0.500. The number of rotatable bonds is 3. The van der Waals surface area contributed by atoms with Gasteiger partial charge in [0, 0.05) is 18.2 Å². The second-order valence-corrected chi connectivity index (χ2v) is 4.90. The molecule has 0 radical (unpaired) electrons. The number of ether oxygens (including phenoxy) is 1. The van der Waals surface area contributed by atoms with E-state index in [0.29, 0.717) is 11.5 Å². The van der Waals surface area contributed by atoms with Crippen LogP contribution in [0, 0.1) is 0 Å². The molecule has 0 spiro atoms. The lowest BCUT2D eigenvalue weighted by Gasteiger charge is -2.17. The molecule has 0 saturated carbocycles. The normalized spacial score (nSPS) is 10.8. The summed E-state index contributed by atoms with van der Waals surface area (Å²) in [4.78, 5) is 11.2. The minimum Gasteiger partial charge on any atom is -0.507 e. The van der Waals surface area contributed by atoms with Crippen molar-refractivity contribution in [2.24, 2.45) is 0 Å². The molecule has 1 aromatic rings. The number of aromatic hydroxyl groups is 1. The van der Waals surface area contributed by atoms with Crippen LogP contribution in [0.15, 0.2) is 12.1 Å². The largest absolute Gasteiger partial charge is 0.507 e. The van der Waals surface area contributed by atoms with E-state index in [2.05, 4.69) is 5.32 Å². The highest BCUT2D eigenvalue weighted by Crippen LogP contribution is 2.37. The van der Waals surface area contributed by atoms with Gasteiger partial charge in [-0.2, -0.15) is 0 Å². The number of benzene rings is 1. The zero-order valence-corrected chi connectivity index (χ0v) is 11.6. The molecule has 18 heavy (non-hydrogen) atoms.